The second-order valence-corrected chi connectivity index (χ2v) is 5.75. The molecule has 7 heteroatoms. The van der Waals surface area contributed by atoms with Gasteiger partial charge in [0.05, 0.1) is 20.3 Å². The van der Waals surface area contributed by atoms with Gasteiger partial charge in [0.1, 0.15) is 11.6 Å². The van der Waals surface area contributed by atoms with Gasteiger partial charge in [0.2, 0.25) is 5.95 Å². The van der Waals surface area contributed by atoms with E-state index in [0.717, 1.165) is 62.1 Å². The van der Waals surface area contributed by atoms with Gasteiger partial charge in [-0.15, -0.1) is 12.4 Å². The molecule has 136 valence electrons. The first-order chi connectivity index (χ1) is 11.8. The van der Waals surface area contributed by atoms with Crippen molar-refractivity contribution < 1.29 is 9.47 Å². The average Bonchev–Trinajstić information content (AvgIpc) is 2.63. The summed E-state index contributed by atoms with van der Waals surface area (Å²) in [7, 11) is 1.66. The molecule has 1 aliphatic heterocycles. The predicted octanol–water partition coefficient (Wildman–Crippen LogP) is 3.44. The molecule has 1 saturated heterocycles. The summed E-state index contributed by atoms with van der Waals surface area (Å²) in [5, 5.41) is 3.30. The molecule has 0 radical (unpaired) electrons. The molecule has 0 bridgehead atoms. The fraction of sp³-hybridized carbons (Fsp3) is 0.444. The maximum atomic E-state index is 5.44. The average molecular weight is 365 g/mol. The summed E-state index contributed by atoms with van der Waals surface area (Å²) in [5.74, 6) is 2.39. The first-order valence-corrected chi connectivity index (χ1v) is 8.40. The Kier molecular flexibility index (Phi) is 7.28. The van der Waals surface area contributed by atoms with Crippen molar-refractivity contribution >= 4 is 29.9 Å². The number of aryl methyl sites for hydroxylation is 1. The molecule has 1 aromatic heterocycles. The summed E-state index contributed by atoms with van der Waals surface area (Å²) in [6, 6.07) is 9.86. The molecule has 2 heterocycles. The molecule has 3 rings (SSSR count). The van der Waals surface area contributed by atoms with Gasteiger partial charge in [-0.25, -0.2) is 4.98 Å². The molecule has 25 heavy (non-hydrogen) atoms. The van der Waals surface area contributed by atoms with Gasteiger partial charge < -0.3 is 19.7 Å². The molecule has 1 fully saturated rings. The number of methoxy groups -OCH3 is 1. The highest BCUT2D eigenvalue weighted by molar-refractivity contribution is 5.85. The van der Waals surface area contributed by atoms with Crippen LogP contribution in [-0.2, 0) is 11.2 Å². The van der Waals surface area contributed by atoms with Crippen molar-refractivity contribution in [2.75, 3.05) is 43.6 Å². The van der Waals surface area contributed by atoms with E-state index in [4.69, 9.17) is 14.5 Å². The fourth-order valence-electron chi connectivity index (χ4n) is 2.71. The summed E-state index contributed by atoms with van der Waals surface area (Å²) >= 11 is 0. The van der Waals surface area contributed by atoms with Crippen molar-refractivity contribution in [1.82, 2.24) is 9.97 Å². The Bertz CT molecular complexity index is 678. The molecule has 0 spiro atoms. The first-order valence-electron chi connectivity index (χ1n) is 8.40. The minimum atomic E-state index is 0. The lowest BCUT2D eigenvalue weighted by atomic mass is 10.2. The van der Waals surface area contributed by atoms with Crippen LogP contribution >= 0.6 is 12.4 Å². The van der Waals surface area contributed by atoms with E-state index in [1.807, 2.05) is 24.3 Å². The highest BCUT2D eigenvalue weighted by Crippen LogP contribution is 2.22. The zero-order chi connectivity index (χ0) is 16.8. The Morgan fingerprint density at radius 3 is 2.72 bits per heavy atom. The van der Waals surface area contributed by atoms with Gasteiger partial charge in [-0.3, -0.25) is 0 Å². The normalized spacial score (nSPS) is 13.9. The Hall–Kier alpha value is -2.05. The van der Waals surface area contributed by atoms with Gasteiger partial charge >= 0.3 is 0 Å². The molecular weight excluding hydrogens is 340 g/mol. The number of morpholine rings is 1. The van der Waals surface area contributed by atoms with E-state index >= 15 is 0 Å². The number of ether oxygens (including phenoxy) is 2. The molecule has 0 amide bonds. The Morgan fingerprint density at radius 1 is 1.20 bits per heavy atom. The van der Waals surface area contributed by atoms with Gasteiger partial charge in [-0.1, -0.05) is 19.4 Å². The largest absolute Gasteiger partial charge is 0.497 e. The molecule has 2 aromatic rings. The minimum Gasteiger partial charge on any atom is -0.497 e. The number of hydrogen-bond donors (Lipinski definition) is 1. The third kappa shape index (κ3) is 5.21. The SMILES string of the molecule is CCCc1cc(N2CCOCC2)nc(Nc2cccc(OC)c2)n1.Cl. The summed E-state index contributed by atoms with van der Waals surface area (Å²) in [4.78, 5) is 11.6. The van der Waals surface area contributed by atoms with Crippen LogP contribution in [0.5, 0.6) is 5.75 Å². The van der Waals surface area contributed by atoms with E-state index in [1.54, 1.807) is 7.11 Å². The lowest BCUT2D eigenvalue weighted by Crippen LogP contribution is -2.37. The van der Waals surface area contributed by atoms with Crippen LogP contribution in [0.25, 0.3) is 0 Å². The van der Waals surface area contributed by atoms with Crippen LogP contribution in [0.15, 0.2) is 30.3 Å². The van der Waals surface area contributed by atoms with Crippen molar-refractivity contribution in [2.45, 2.75) is 19.8 Å². The second kappa shape index (κ2) is 9.44. The molecular formula is C18H25ClN4O2. The summed E-state index contributed by atoms with van der Waals surface area (Å²) < 4.78 is 10.7. The van der Waals surface area contributed by atoms with Crippen LogP contribution in [0, 0.1) is 0 Å². The monoisotopic (exact) mass is 364 g/mol. The van der Waals surface area contributed by atoms with Crippen molar-refractivity contribution in [2.24, 2.45) is 0 Å². The number of halogens is 1. The van der Waals surface area contributed by atoms with Crippen LogP contribution in [-0.4, -0.2) is 43.4 Å². The molecule has 0 saturated carbocycles. The standard InChI is InChI=1S/C18H24N4O2.ClH/c1-3-5-14-13-17(22-8-10-24-11-9-22)21-18(19-14)20-15-6-4-7-16(12-15)23-2;/h4,6-7,12-13H,3,5,8-11H2,1-2H3,(H,19,20,21);1H. The zero-order valence-corrected chi connectivity index (χ0v) is 15.5. The second-order valence-electron chi connectivity index (χ2n) is 5.75. The molecule has 6 nitrogen and oxygen atoms in total. The van der Waals surface area contributed by atoms with E-state index in [0.29, 0.717) is 5.95 Å². The van der Waals surface area contributed by atoms with Crippen molar-refractivity contribution in [3.8, 4) is 5.75 Å². The van der Waals surface area contributed by atoms with Crippen LogP contribution < -0.4 is 15.0 Å². The predicted molar refractivity (Wildman–Crippen MR) is 103 cm³/mol. The van der Waals surface area contributed by atoms with E-state index in [1.165, 1.54) is 0 Å². The van der Waals surface area contributed by atoms with Crippen LogP contribution in [0.4, 0.5) is 17.5 Å². The van der Waals surface area contributed by atoms with Gasteiger partial charge in [-0.05, 0) is 18.6 Å². The Labute approximate surface area is 155 Å². The Morgan fingerprint density at radius 2 is 2.00 bits per heavy atom. The number of rotatable bonds is 6. The summed E-state index contributed by atoms with van der Waals surface area (Å²) in [5.41, 5.74) is 1.97. The maximum Gasteiger partial charge on any atom is 0.229 e. The number of benzene rings is 1. The number of nitrogens with zero attached hydrogens (tertiary/aromatic N) is 3. The van der Waals surface area contributed by atoms with E-state index < -0.39 is 0 Å². The highest BCUT2D eigenvalue weighted by Gasteiger charge is 2.15. The molecule has 0 aliphatic carbocycles. The zero-order valence-electron chi connectivity index (χ0n) is 14.7. The highest BCUT2D eigenvalue weighted by atomic mass is 35.5. The Balaban J connectivity index is 0.00000225. The third-order valence-electron chi connectivity index (χ3n) is 3.93. The first kappa shape index (κ1) is 19.3. The van der Waals surface area contributed by atoms with Gasteiger partial charge in [0, 0.05) is 36.6 Å². The van der Waals surface area contributed by atoms with Crippen molar-refractivity contribution in [3.63, 3.8) is 0 Å². The minimum absolute atomic E-state index is 0. The maximum absolute atomic E-state index is 5.44. The van der Waals surface area contributed by atoms with Crippen molar-refractivity contribution in [3.05, 3.63) is 36.0 Å². The molecule has 0 atom stereocenters. The molecule has 0 unspecified atom stereocenters. The van der Waals surface area contributed by atoms with Crippen LogP contribution in [0.1, 0.15) is 19.0 Å². The third-order valence-corrected chi connectivity index (χ3v) is 3.93. The van der Waals surface area contributed by atoms with Gasteiger partial charge in [0.15, 0.2) is 0 Å². The van der Waals surface area contributed by atoms with Crippen LogP contribution in [0.3, 0.4) is 0 Å². The molecule has 1 N–H and O–H groups in total. The fourth-order valence-corrected chi connectivity index (χ4v) is 2.71. The topological polar surface area (TPSA) is 59.5 Å². The van der Waals surface area contributed by atoms with Crippen LogP contribution in [0.2, 0.25) is 0 Å². The quantitative estimate of drug-likeness (QED) is 0.847. The van der Waals surface area contributed by atoms with Crippen molar-refractivity contribution in [1.29, 1.82) is 0 Å². The number of anilines is 3. The van der Waals surface area contributed by atoms with E-state index in [9.17, 15) is 0 Å². The number of hydrogen-bond acceptors (Lipinski definition) is 6. The smallest absolute Gasteiger partial charge is 0.229 e. The molecule has 1 aromatic carbocycles. The van der Waals surface area contributed by atoms with E-state index in [2.05, 4.69) is 28.2 Å². The number of aromatic nitrogens is 2. The van der Waals surface area contributed by atoms with E-state index in [-0.39, 0.29) is 12.4 Å². The lowest BCUT2D eigenvalue weighted by molar-refractivity contribution is 0.122. The summed E-state index contributed by atoms with van der Waals surface area (Å²) in [6.45, 7) is 5.37. The lowest BCUT2D eigenvalue weighted by Gasteiger charge is -2.28. The van der Waals surface area contributed by atoms with Gasteiger partial charge in [0.25, 0.3) is 0 Å². The molecule has 1 aliphatic rings. The number of nitrogens with one attached hydrogen (secondary N) is 1. The van der Waals surface area contributed by atoms with Gasteiger partial charge in [-0.2, -0.15) is 4.98 Å². The summed E-state index contributed by atoms with van der Waals surface area (Å²) in [6.07, 6.45) is 1.99.